The summed E-state index contributed by atoms with van der Waals surface area (Å²) in [4.78, 5) is 6.94. The number of ether oxygens (including phenoxy) is 1. The van der Waals surface area contributed by atoms with E-state index in [0.717, 1.165) is 51.6 Å². The Labute approximate surface area is 177 Å². The van der Waals surface area contributed by atoms with E-state index in [-0.39, 0.29) is 41.8 Å². The summed E-state index contributed by atoms with van der Waals surface area (Å²) in [6, 6.07) is 5.09. The van der Waals surface area contributed by atoms with E-state index in [0.29, 0.717) is 16.5 Å². The van der Waals surface area contributed by atoms with Crippen molar-refractivity contribution in [3.05, 3.63) is 34.6 Å². The second-order valence-electron chi connectivity index (χ2n) is 6.79. The summed E-state index contributed by atoms with van der Waals surface area (Å²) in [6.07, 6.45) is 2.01. The average Bonchev–Trinajstić information content (AvgIpc) is 3.17. The van der Waals surface area contributed by atoms with Crippen molar-refractivity contribution in [3.8, 4) is 0 Å². The Morgan fingerprint density at radius 3 is 2.92 bits per heavy atom. The van der Waals surface area contributed by atoms with Crippen molar-refractivity contribution in [1.29, 1.82) is 0 Å². The molecule has 1 N–H and O–H groups in total. The number of benzene rings is 1. The molecule has 1 aliphatic carbocycles. The fourth-order valence-corrected chi connectivity index (χ4v) is 3.84. The van der Waals surface area contributed by atoms with Gasteiger partial charge in [0.05, 0.1) is 6.61 Å². The van der Waals surface area contributed by atoms with Gasteiger partial charge in [-0.2, -0.15) is 0 Å². The third-order valence-electron chi connectivity index (χ3n) is 4.93. The summed E-state index contributed by atoms with van der Waals surface area (Å²) >= 11 is 6.20. The molecule has 3 unspecified atom stereocenters. The maximum Gasteiger partial charge on any atom is 0.194 e. The van der Waals surface area contributed by atoms with Crippen LogP contribution < -0.4 is 5.32 Å². The van der Waals surface area contributed by atoms with Crippen LogP contribution >= 0.6 is 35.6 Å². The lowest BCUT2D eigenvalue weighted by Gasteiger charge is -2.22. The smallest absolute Gasteiger partial charge is 0.194 e. The molecule has 2 aliphatic rings. The maximum atomic E-state index is 14.1. The van der Waals surface area contributed by atoms with Crippen molar-refractivity contribution in [2.45, 2.75) is 38.6 Å². The highest BCUT2D eigenvalue weighted by molar-refractivity contribution is 14.0. The molecule has 4 nitrogen and oxygen atoms in total. The van der Waals surface area contributed by atoms with Gasteiger partial charge < -0.3 is 15.0 Å². The lowest BCUT2D eigenvalue weighted by molar-refractivity contribution is 0.114. The van der Waals surface area contributed by atoms with Crippen molar-refractivity contribution in [2.75, 3.05) is 32.8 Å². The van der Waals surface area contributed by atoms with Crippen LogP contribution in [0.5, 0.6) is 0 Å². The van der Waals surface area contributed by atoms with Gasteiger partial charge in [-0.25, -0.2) is 4.39 Å². The summed E-state index contributed by atoms with van der Waals surface area (Å²) in [5, 5.41) is 4.04. The van der Waals surface area contributed by atoms with Gasteiger partial charge in [0.2, 0.25) is 0 Å². The molecule has 1 saturated heterocycles. The molecule has 2 fully saturated rings. The van der Waals surface area contributed by atoms with Crippen LogP contribution in [-0.4, -0.2) is 49.7 Å². The monoisotopic (exact) mass is 495 g/mol. The number of hydrogen-bond acceptors (Lipinski definition) is 2. The first-order valence-electron chi connectivity index (χ1n) is 9.21. The molecule has 3 rings (SSSR count). The number of halogens is 3. The number of hydrogen-bond donors (Lipinski definition) is 1. The average molecular weight is 496 g/mol. The summed E-state index contributed by atoms with van der Waals surface area (Å²) < 4.78 is 19.7. The number of nitrogens with one attached hydrogen (secondary N) is 1. The van der Waals surface area contributed by atoms with Crippen LogP contribution in [0.15, 0.2) is 23.2 Å². The zero-order chi connectivity index (χ0) is 17.8. The van der Waals surface area contributed by atoms with Gasteiger partial charge >= 0.3 is 0 Å². The maximum absolute atomic E-state index is 14.1. The normalized spacial score (nSPS) is 25.2. The molecule has 1 heterocycles. The Kier molecular flexibility index (Phi) is 8.41. The number of nitrogens with zero attached hydrogens (tertiary/aromatic N) is 2. The molecule has 0 bridgehead atoms. The Balaban J connectivity index is 0.00000243. The molecule has 1 aliphatic heterocycles. The topological polar surface area (TPSA) is 36.9 Å². The van der Waals surface area contributed by atoms with Crippen LogP contribution in [0.2, 0.25) is 5.02 Å². The lowest BCUT2D eigenvalue weighted by atomic mass is 10.1. The first-order valence-corrected chi connectivity index (χ1v) is 9.59. The van der Waals surface area contributed by atoms with Gasteiger partial charge in [-0.3, -0.25) is 4.99 Å². The van der Waals surface area contributed by atoms with Gasteiger partial charge in [0, 0.05) is 54.7 Å². The molecule has 0 amide bonds. The Morgan fingerprint density at radius 1 is 1.42 bits per heavy atom. The Hall–Kier alpha value is -0.600. The van der Waals surface area contributed by atoms with E-state index in [1.807, 2.05) is 13.8 Å². The Bertz CT molecular complexity index is 611. The molecule has 0 radical (unpaired) electrons. The van der Waals surface area contributed by atoms with Crippen molar-refractivity contribution >= 4 is 41.5 Å². The fourth-order valence-electron chi connectivity index (χ4n) is 3.54. The predicted octanol–water partition coefficient (Wildman–Crippen LogP) is 4.28. The van der Waals surface area contributed by atoms with Crippen LogP contribution in [0.4, 0.5) is 4.39 Å². The zero-order valence-corrected chi connectivity index (χ0v) is 18.5. The van der Waals surface area contributed by atoms with E-state index in [1.54, 1.807) is 12.1 Å². The van der Waals surface area contributed by atoms with Crippen LogP contribution in [0, 0.1) is 11.7 Å². The third-order valence-corrected chi connectivity index (χ3v) is 5.26. The first kappa shape index (κ1) is 21.7. The zero-order valence-electron chi connectivity index (χ0n) is 15.4. The van der Waals surface area contributed by atoms with E-state index in [2.05, 4.69) is 15.2 Å². The van der Waals surface area contributed by atoms with Crippen molar-refractivity contribution in [3.63, 3.8) is 0 Å². The number of likely N-dealkylation sites (tertiary alicyclic amines) is 1. The molecule has 3 atom stereocenters. The molecule has 1 aromatic carbocycles. The minimum atomic E-state index is -0.214. The summed E-state index contributed by atoms with van der Waals surface area (Å²) in [5.41, 5.74) is 0.633. The third kappa shape index (κ3) is 5.23. The standard InChI is InChI=1S/C19H27ClFN3O.HI/c1-3-22-19(24-9-8-13(11-24)12-25-4-2)23-17-10-14(17)18-15(20)6-5-7-16(18)21;/h5-7,13-14,17H,3-4,8-12H2,1-2H3,(H,22,23);1H. The molecule has 1 aromatic rings. The van der Waals surface area contributed by atoms with E-state index < -0.39 is 0 Å². The van der Waals surface area contributed by atoms with Gasteiger partial charge in [-0.15, -0.1) is 24.0 Å². The quantitative estimate of drug-likeness (QED) is 0.364. The van der Waals surface area contributed by atoms with Gasteiger partial charge in [0.1, 0.15) is 5.82 Å². The first-order chi connectivity index (χ1) is 12.1. The lowest BCUT2D eigenvalue weighted by Crippen LogP contribution is -2.42. The second kappa shape index (κ2) is 10.1. The highest BCUT2D eigenvalue weighted by Gasteiger charge is 2.42. The fraction of sp³-hybridized carbons (Fsp3) is 0.632. The van der Waals surface area contributed by atoms with Gasteiger partial charge in [0.15, 0.2) is 5.96 Å². The molecule has 1 saturated carbocycles. The minimum Gasteiger partial charge on any atom is -0.381 e. The van der Waals surface area contributed by atoms with E-state index in [4.69, 9.17) is 16.3 Å². The van der Waals surface area contributed by atoms with Gasteiger partial charge in [-0.05, 0) is 38.8 Å². The van der Waals surface area contributed by atoms with Gasteiger partial charge in [0.25, 0.3) is 0 Å². The highest BCUT2D eigenvalue weighted by Crippen LogP contribution is 2.45. The van der Waals surface area contributed by atoms with Crippen LogP contribution in [-0.2, 0) is 4.74 Å². The van der Waals surface area contributed by atoms with E-state index in [1.165, 1.54) is 6.07 Å². The number of rotatable bonds is 6. The van der Waals surface area contributed by atoms with Crippen molar-refractivity contribution in [2.24, 2.45) is 10.9 Å². The largest absolute Gasteiger partial charge is 0.381 e. The van der Waals surface area contributed by atoms with Crippen LogP contribution in [0.3, 0.4) is 0 Å². The minimum absolute atomic E-state index is 0. The van der Waals surface area contributed by atoms with Gasteiger partial charge in [-0.1, -0.05) is 17.7 Å². The predicted molar refractivity (Wildman–Crippen MR) is 115 cm³/mol. The van der Waals surface area contributed by atoms with Crippen molar-refractivity contribution < 1.29 is 9.13 Å². The van der Waals surface area contributed by atoms with E-state index >= 15 is 0 Å². The molecule has 7 heteroatoms. The number of guanidine groups is 1. The highest BCUT2D eigenvalue weighted by atomic mass is 127. The molecule has 146 valence electrons. The Morgan fingerprint density at radius 2 is 2.23 bits per heavy atom. The molecule has 0 aromatic heterocycles. The SMILES string of the molecule is CCN=C(NC1CC1c1c(F)cccc1Cl)N1CCC(COCC)C1.I. The molecular formula is C19H28ClFIN3O. The molecular weight excluding hydrogens is 468 g/mol. The second-order valence-corrected chi connectivity index (χ2v) is 7.19. The summed E-state index contributed by atoms with van der Waals surface area (Å²) in [6.45, 7) is 8.31. The van der Waals surface area contributed by atoms with Crippen LogP contribution in [0.25, 0.3) is 0 Å². The molecule has 26 heavy (non-hydrogen) atoms. The number of aliphatic imine (C=N–C) groups is 1. The van der Waals surface area contributed by atoms with Crippen LogP contribution in [0.1, 0.15) is 38.2 Å². The van der Waals surface area contributed by atoms with E-state index in [9.17, 15) is 4.39 Å². The molecule has 0 spiro atoms. The van der Waals surface area contributed by atoms with Crippen molar-refractivity contribution in [1.82, 2.24) is 10.2 Å². The summed E-state index contributed by atoms with van der Waals surface area (Å²) in [5.74, 6) is 1.40. The summed E-state index contributed by atoms with van der Waals surface area (Å²) in [7, 11) is 0.